The van der Waals surface area contributed by atoms with Crippen LogP contribution < -0.4 is 0 Å². The van der Waals surface area contributed by atoms with Gasteiger partial charge in [0.2, 0.25) is 0 Å². The first-order valence-electron chi connectivity index (χ1n) is 10.3. The Kier molecular flexibility index (Phi) is 12.0. The van der Waals surface area contributed by atoms with E-state index in [1.54, 1.807) is 0 Å². The summed E-state index contributed by atoms with van der Waals surface area (Å²) in [6, 6.07) is 0. The third-order valence-electron chi connectivity index (χ3n) is 4.91. The van der Waals surface area contributed by atoms with Crippen molar-refractivity contribution < 1.29 is 18.3 Å². The maximum atomic E-state index is 12.6. The summed E-state index contributed by atoms with van der Waals surface area (Å²) in [5, 5.41) is 0. The fraction of sp³-hybridized carbons (Fsp3) is 0.950. The van der Waals surface area contributed by atoms with Gasteiger partial charge in [0.05, 0.1) is 6.61 Å². The average Bonchev–Trinajstić information content (AvgIpc) is 2.58. The van der Waals surface area contributed by atoms with Gasteiger partial charge in [-0.3, -0.25) is 0 Å². The molecule has 0 N–H and O–H groups in total. The Labute approximate surface area is 152 Å². The van der Waals surface area contributed by atoms with Gasteiger partial charge >= 0.3 is 11.9 Å². The molecule has 1 heterocycles. The SMILES string of the molecule is CC(F)(F)C(=O)OCCCCCCCCCCCCN1CCCCC1. The number of unbranched alkanes of at least 4 members (excludes halogenated alkanes) is 9. The van der Waals surface area contributed by atoms with Gasteiger partial charge in [0.25, 0.3) is 0 Å². The van der Waals surface area contributed by atoms with Crippen LogP contribution in [-0.2, 0) is 9.53 Å². The lowest BCUT2D eigenvalue weighted by atomic mass is 10.1. The highest BCUT2D eigenvalue weighted by Gasteiger charge is 2.33. The van der Waals surface area contributed by atoms with E-state index >= 15 is 0 Å². The van der Waals surface area contributed by atoms with E-state index in [2.05, 4.69) is 9.64 Å². The van der Waals surface area contributed by atoms with Gasteiger partial charge in [-0.1, -0.05) is 57.8 Å². The number of carbonyl (C=O) groups excluding carboxylic acids is 1. The van der Waals surface area contributed by atoms with Gasteiger partial charge in [-0.25, -0.2) is 4.79 Å². The van der Waals surface area contributed by atoms with Gasteiger partial charge in [-0.05, 0) is 45.3 Å². The summed E-state index contributed by atoms with van der Waals surface area (Å²) in [6.45, 7) is 4.58. The molecule has 1 aliphatic rings. The van der Waals surface area contributed by atoms with Crippen LogP contribution in [-0.4, -0.2) is 43.0 Å². The summed E-state index contributed by atoms with van der Waals surface area (Å²) >= 11 is 0. The molecule has 0 aliphatic carbocycles. The standard InChI is InChI=1S/C20H37F2NO2/c1-20(21,22)19(24)25-18-14-9-7-5-3-2-4-6-8-11-15-23-16-12-10-13-17-23/h2-18H2,1H3. The molecule has 148 valence electrons. The van der Waals surface area contributed by atoms with Crippen LogP contribution in [0.2, 0.25) is 0 Å². The van der Waals surface area contributed by atoms with Crippen molar-refractivity contribution in [1.29, 1.82) is 0 Å². The molecular formula is C20H37F2NO2. The van der Waals surface area contributed by atoms with E-state index in [4.69, 9.17) is 0 Å². The molecule has 5 heteroatoms. The fourth-order valence-electron chi connectivity index (χ4n) is 3.33. The van der Waals surface area contributed by atoms with Crippen LogP contribution in [0.1, 0.15) is 90.4 Å². The van der Waals surface area contributed by atoms with Crippen LogP contribution in [0.4, 0.5) is 8.78 Å². The Hall–Kier alpha value is -0.710. The number of carbonyl (C=O) groups is 1. The van der Waals surface area contributed by atoms with E-state index in [0.717, 1.165) is 12.8 Å². The van der Waals surface area contributed by atoms with Crippen LogP contribution in [0, 0.1) is 0 Å². The minimum Gasteiger partial charge on any atom is -0.461 e. The van der Waals surface area contributed by atoms with Gasteiger partial charge in [-0.15, -0.1) is 0 Å². The summed E-state index contributed by atoms with van der Waals surface area (Å²) in [6.07, 6.45) is 16.0. The van der Waals surface area contributed by atoms with Gasteiger partial charge < -0.3 is 9.64 Å². The maximum absolute atomic E-state index is 12.6. The number of hydrogen-bond donors (Lipinski definition) is 0. The average molecular weight is 362 g/mol. The molecule has 1 saturated heterocycles. The van der Waals surface area contributed by atoms with Crippen LogP contribution >= 0.6 is 0 Å². The molecule has 0 spiro atoms. The minimum atomic E-state index is -3.37. The summed E-state index contributed by atoms with van der Waals surface area (Å²) in [5.41, 5.74) is 0. The second-order valence-corrected chi connectivity index (χ2v) is 7.46. The zero-order valence-corrected chi connectivity index (χ0v) is 16.0. The van der Waals surface area contributed by atoms with Crippen molar-refractivity contribution in [2.45, 2.75) is 96.3 Å². The number of piperidine rings is 1. The summed E-state index contributed by atoms with van der Waals surface area (Å²) in [4.78, 5) is 13.5. The van der Waals surface area contributed by atoms with Gasteiger partial charge in [-0.2, -0.15) is 8.78 Å². The Morgan fingerprint density at radius 1 is 0.840 bits per heavy atom. The van der Waals surface area contributed by atoms with Crippen LogP contribution in [0.3, 0.4) is 0 Å². The van der Waals surface area contributed by atoms with E-state index in [1.807, 2.05) is 0 Å². The molecule has 0 atom stereocenters. The van der Waals surface area contributed by atoms with Crippen molar-refractivity contribution >= 4 is 5.97 Å². The maximum Gasteiger partial charge on any atom is 0.376 e. The summed E-state index contributed by atoms with van der Waals surface area (Å²) < 4.78 is 29.7. The van der Waals surface area contributed by atoms with Gasteiger partial charge in [0.1, 0.15) is 0 Å². The number of rotatable bonds is 14. The molecule has 0 saturated carbocycles. The van der Waals surface area contributed by atoms with Crippen LogP contribution in [0.15, 0.2) is 0 Å². The summed E-state index contributed by atoms with van der Waals surface area (Å²) in [7, 11) is 0. The van der Waals surface area contributed by atoms with Gasteiger partial charge in [0.15, 0.2) is 0 Å². The van der Waals surface area contributed by atoms with E-state index in [1.165, 1.54) is 83.8 Å². The number of likely N-dealkylation sites (tertiary alicyclic amines) is 1. The fourth-order valence-corrected chi connectivity index (χ4v) is 3.33. The second kappa shape index (κ2) is 13.5. The molecule has 25 heavy (non-hydrogen) atoms. The minimum absolute atomic E-state index is 0.110. The predicted molar refractivity (Wildman–Crippen MR) is 98.0 cm³/mol. The van der Waals surface area contributed by atoms with Crippen LogP contribution in [0.5, 0.6) is 0 Å². The topological polar surface area (TPSA) is 29.5 Å². The first kappa shape index (κ1) is 22.3. The molecule has 0 aromatic carbocycles. The monoisotopic (exact) mass is 361 g/mol. The zero-order chi connectivity index (χ0) is 18.4. The van der Waals surface area contributed by atoms with Crippen molar-refractivity contribution in [1.82, 2.24) is 4.90 Å². The molecule has 1 fully saturated rings. The van der Waals surface area contributed by atoms with Crippen molar-refractivity contribution in [2.24, 2.45) is 0 Å². The molecule has 0 amide bonds. The van der Waals surface area contributed by atoms with E-state index < -0.39 is 11.9 Å². The number of nitrogens with zero attached hydrogens (tertiary/aromatic N) is 1. The zero-order valence-electron chi connectivity index (χ0n) is 16.0. The number of halogens is 2. The quantitative estimate of drug-likeness (QED) is 0.299. The first-order valence-corrected chi connectivity index (χ1v) is 10.3. The molecule has 0 aromatic rings. The molecule has 1 rings (SSSR count). The smallest absolute Gasteiger partial charge is 0.376 e. The number of alkyl halides is 2. The van der Waals surface area contributed by atoms with E-state index in [-0.39, 0.29) is 6.61 Å². The van der Waals surface area contributed by atoms with Crippen molar-refractivity contribution in [3.05, 3.63) is 0 Å². The van der Waals surface area contributed by atoms with E-state index in [9.17, 15) is 13.6 Å². The predicted octanol–water partition coefficient (Wildman–Crippen LogP) is 5.57. The van der Waals surface area contributed by atoms with Crippen molar-refractivity contribution in [3.8, 4) is 0 Å². The molecule has 0 unspecified atom stereocenters. The molecule has 0 bridgehead atoms. The third-order valence-corrected chi connectivity index (χ3v) is 4.91. The van der Waals surface area contributed by atoms with Gasteiger partial charge in [0, 0.05) is 6.92 Å². The van der Waals surface area contributed by atoms with Crippen LogP contribution in [0.25, 0.3) is 0 Å². The Balaban J connectivity index is 1.75. The molecule has 3 nitrogen and oxygen atoms in total. The first-order chi connectivity index (χ1) is 12.0. The van der Waals surface area contributed by atoms with Crippen molar-refractivity contribution in [2.75, 3.05) is 26.2 Å². The number of hydrogen-bond acceptors (Lipinski definition) is 3. The summed E-state index contributed by atoms with van der Waals surface area (Å²) in [5.74, 6) is -4.78. The highest BCUT2D eigenvalue weighted by Crippen LogP contribution is 2.15. The molecule has 0 radical (unpaired) electrons. The number of esters is 1. The molecular weight excluding hydrogens is 324 g/mol. The highest BCUT2D eigenvalue weighted by atomic mass is 19.3. The second-order valence-electron chi connectivity index (χ2n) is 7.46. The number of ether oxygens (including phenoxy) is 1. The Morgan fingerprint density at radius 3 is 1.84 bits per heavy atom. The normalized spacial score (nSPS) is 16.1. The lowest BCUT2D eigenvalue weighted by molar-refractivity contribution is -0.169. The highest BCUT2D eigenvalue weighted by molar-refractivity contribution is 5.76. The Morgan fingerprint density at radius 2 is 1.32 bits per heavy atom. The van der Waals surface area contributed by atoms with E-state index in [0.29, 0.717) is 13.3 Å². The lowest BCUT2D eigenvalue weighted by Crippen LogP contribution is -2.30. The third kappa shape index (κ3) is 12.3. The van der Waals surface area contributed by atoms with Crippen molar-refractivity contribution in [3.63, 3.8) is 0 Å². The Bertz CT molecular complexity index is 339. The molecule has 1 aliphatic heterocycles. The largest absolute Gasteiger partial charge is 0.461 e. The molecule has 0 aromatic heterocycles. The lowest BCUT2D eigenvalue weighted by Gasteiger charge is -2.26.